The molecular weight excluding hydrogens is 320 g/mol. The van der Waals surface area contributed by atoms with E-state index < -0.39 is 0 Å². The molecule has 25 heavy (non-hydrogen) atoms. The van der Waals surface area contributed by atoms with Crippen LogP contribution in [0, 0.1) is 5.41 Å². The Morgan fingerprint density at radius 1 is 1.40 bits per heavy atom. The number of rotatable bonds is 6. The maximum absolute atomic E-state index is 5.59. The highest BCUT2D eigenvalue weighted by atomic mass is 16.5. The minimum Gasteiger partial charge on any atom is -0.379 e. The molecule has 2 N–H and O–H groups in total. The SMILES string of the molecule is CN=C(NCC(OC)C(C)(C)C)NC1CCc2nc(COC)nn2C1. The number of aryl methyl sites for hydroxylation is 1. The summed E-state index contributed by atoms with van der Waals surface area (Å²) in [5.41, 5.74) is 0.0683. The lowest BCUT2D eigenvalue weighted by atomic mass is 9.89. The molecular formula is C17H32N6O2. The topological polar surface area (TPSA) is 85.6 Å². The summed E-state index contributed by atoms with van der Waals surface area (Å²) in [6, 6.07) is 0.270. The highest BCUT2D eigenvalue weighted by molar-refractivity contribution is 5.80. The van der Waals surface area contributed by atoms with Gasteiger partial charge in [-0.3, -0.25) is 4.99 Å². The van der Waals surface area contributed by atoms with Crippen LogP contribution in [-0.4, -0.2) is 60.7 Å². The van der Waals surface area contributed by atoms with Gasteiger partial charge in [0.1, 0.15) is 12.4 Å². The van der Waals surface area contributed by atoms with E-state index in [4.69, 9.17) is 9.47 Å². The number of aromatic nitrogens is 3. The first-order valence-electron chi connectivity index (χ1n) is 8.79. The normalized spacial score (nSPS) is 19.4. The molecule has 0 fully saturated rings. The lowest BCUT2D eigenvalue weighted by molar-refractivity contribution is 0.0205. The van der Waals surface area contributed by atoms with Gasteiger partial charge in [0.2, 0.25) is 0 Å². The number of ether oxygens (including phenoxy) is 2. The largest absolute Gasteiger partial charge is 0.379 e. The van der Waals surface area contributed by atoms with Crippen molar-refractivity contribution in [2.24, 2.45) is 10.4 Å². The highest BCUT2D eigenvalue weighted by Crippen LogP contribution is 2.21. The minimum atomic E-state index is 0.0683. The minimum absolute atomic E-state index is 0.0683. The molecule has 0 bridgehead atoms. The van der Waals surface area contributed by atoms with E-state index in [-0.39, 0.29) is 17.6 Å². The van der Waals surface area contributed by atoms with Crippen LogP contribution in [0.15, 0.2) is 4.99 Å². The van der Waals surface area contributed by atoms with Crippen LogP contribution < -0.4 is 10.6 Å². The number of nitrogens with zero attached hydrogens (tertiary/aromatic N) is 4. The van der Waals surface area contributed by atoms with E-state index in [1.54, 1.807) is 21.3 Å². The van der Waals surface area contributed by atoms with E-state index in [0.29, 0.717) is 13.2 Å². The Morgan fingerprint density at radius 3 is 2.76 bits per heavy atom. The first-order chi connectivity index (χ1) is 11.9. The molecule has 1 aromatic heterocycles. The molecule has 0 saturated carbocycles. The van der Waals surface area contributed by atoms with Gasteiger partial charge in [0.05, 0.1) is 12.6 Å². The second-order valence-electron chi connectivity index (χ2n) is 7.48. The molecule has 2 rings (SSSR count). The summed E-state index contributed by atoms with van der Waals surface area (Å²) in [5, 5.41) is 11.4. The van der Waals surface area contributed by atoms with E-state index in [1.807, 2.05) is 4.68 Å². The molecule has 8 nitrogen and oxygen atoms in total. The lowest BCUT2D eigenvalue weighted by Crippen LogP contribution is -2.50. The molecule has 0 saturated heterocycles. The van der Waals surface area contributed by atoms with Crippen molar-refractivity contribution >= 4 is 5.96 Å². The number of fused-ring (bicyclic) bond motifs is 1. The number of nitrogens with one attached hydrogen (secondary N) is 2. The smallest absolute Gasteiger partial charge is 0.191 e. The second kappa shape index (κ2) is 8.62. The third-order valence-electron chi connectivity index (χ3n) is 4.45. The number of hydrogen-bond acceptors (Lipinski definition) is 5. The predicted octanol–water partition coefficient (Wildman–Crippen LogP) is 0.965. The molecule has 2 unspecified atom stereocenters. The number of aliphatic imine (C=N–C) groups is 1. The maximum Gasteiger partial charge on any atom is 0.191 e. The predicted molar refractivity (Wildman–Crippen MR) is 97.6 cm³/mol. The van der Waals surface area contributed by atoms with Crippen molar-refractivity contribution in [3.8, 4) is 0 Å². The van der Waals surface area contributed by atoms with Crippen LogP contribution in [0.4, 0.5) is 0 Å². The summed E-state index contributed by atoms with van der Waals surface area (Å²) in [6.07, 6.45) is 2.00. The van der Waals surface area contributed by atoms with Crippen LogP contribution in [-0.2, 0) is 29.0 Å². The third kappa shape index (κ3) is 5.40. The van der Waals surface area contributed by atoms with E-state index in [1.165, 1.54) is 0 Å². The van der Waals surface area contributed by atoms with Gasteiger partial charge in [0.25, 0.3) is 0 Å². The summed E-state index contributed by atoms with van der Waals surface area (Å²) in [5.74, 6) is 2.56. The fourth-order valence-corrected chi connectivity index (χ4v) is 2.99. The second-order valence-corrected chi connectivity index (χ2v) is 7.48. The quantitative estimate of drug-likeness (QED) is 0.586. The Hall–Kier alpha value is -1.67. The highest BCUT2D eigenvalue weighted by Gasteiger charge is 2.26. The van der Waals surface area contributed by atoms with E-state index in [0.717, 1.165) is 37.0 Å². The molecule has 142 valence electrons. The van der Waals surface area contributed by atoms with Gasteiger partial charge in [-0.05, 0) is 11.8 Å². The Kier molecular flexibility index (Phi) is 6.78. The average Bonchev–Trinajstić information content (AvgIpc) is 2.95. The Bertz CT molecular complexity index is 578. The molecule has 1 aliphatic rings. The third-order valence-corrected chi connectivity index (χ3v) is 4.45. The zero-order valence-corrected chi connectivity index (χ0v) is 16.3. The molecule has 0 spiro atoms. The molecule has 0 amide bonds. The molecule has 8 heteroatoms. The van der Waals surface area contributed by atoms with Crippen molar-refractivity contribution in [1.82, 2.24) is 25.4 Å². The first kappa shape index (κ1) is 19.7. The van der Waals surface area contributed by atoms with Crippen LogP contribution >= 0.6 is 0 Å². The van der Waals surface area contributed by atoms with Crippen LogP contribution in [0.3, 0.4) is 0 Å². The van der Waals surface area contributed by atoms with Crippen molar-refractivity contribution in [1.29, 1.82) is 0 Å². The fraction of sp³-hybridized carbons (Fsp3) is 0.824. The van der Waals surface area contributed by atoms with Crippen LogP contribution in [0.1, 0.15) is 38.8 Å². The number of methoxy groups -OCH3 is 2. The Balaban J connectivity index is 1.89. The van der Waals surface area contributed by atoms with Gasteiger partial charge in [-0.1, -0.05) is 20.8 Å². The van der Waals surface area contributed by atoms with Gasteiger partial charge < -0.3 is 20.1 Å². The summed E-state index contributed by atoms with van der Waals surface area (Å²) >= 11 is 0. The summed E-state index contributed by atoms with van der Waals surface area (Å²) in [4.78, 5) is 8.84. The van der Waals surface area contributed by atoms with E-state index >= 15 is 0 Å². The molecule has 0 aromatic carbocycles. The van der Waals surface area contributed by atoms with Crippen LogP contribution in [0.25, 0.3) is 0 Å². The first-order valence-corrected chi connectivity index (χ1v) is 8.79. The van der Waals surface area contributed by atoms with Crippen LogP contribution in [0.5, 0.6) is 0 Å². The number of guanidine groups is 1. The molecule has 2 heterocycles. The standard InChI is InChI=1S/C17H32N6O2/c1-17(2,3)13(25-6)9-19-16(18-4)20-12-7-8-15-21-14(11-24-5)22-23(15)10-12/h12-13H,7-11H2,1-6H3,(H2,18,19,20). The van der Waals surface area contributed by atoms with Crippen molar-refractivity contribution in [2.75, 3.05) is 27.8 Å². The van der Waals surface area contributed by atoms with Gasteiger partial charge in [-0.2, -0.15) is 5.10 Å². The van der Waals surface area contributed by atoms with Crippen LogP contribution in [0.2, 0.25) is 0 Å². The Labute approximate surface area is 150 Å². The van der Waals surface area contributed by atoms with E-state index in [9.17, 15) is 0 Å². The van der Waals surface area contributed by atoms with Crippen molar-refractivity contribution in [3.63, 3.8) is 0 Å². The molecule has 1 aliphatic heterocycles. The zero-order chi connectivity index (χ0) is 18.4. The monoisotopic (exact) mass is 352 g/mol. The molecule has 1 aromatic rings. The summed E-state index contributed by atoms with van der Waals surface area (Å²) < 4.78 is 12.7. The summed E-state index contributed by atoms with van der Waals surface area (Å²) in [7, 11) is 5.19. The van der Waals surface area contributed by atoms with Gasteiger partial charge in [-0.25, -0.2) is 9.67 Å². The molecule has 0 aliphatic carbocycles. The van der Waals surface area contributed by atoms with E-state index in [2.05, 4.69) is 46.5 Å². The maximum atomic E-state index is 5.59. The van der Waals surface area contributed by atoms with Crippen molar-refractivity contribution in [3.05, 3.63) is 11.6 Å². The summed E-state index contributed by atoms with van der Waals surface area (Å²) in [6.45, 7) is 8.45. The van der Waals surface area contributed by atoms with Gasteiger partial charge >= 0.3 is 0 Å². The fourth-order valence-electron chi connectivity index (χ4n) is 2.99. The van der Waals surface area contributed by atoms with Gasteiger partial charge in [0.15, 0.2) is 11.8 Å². The molecule has 2 atom stereocenters. The Morgan fingerprint density at radius 2 is 2.16 bits per heavy atom. The number of hydrogen-bond donors (Lipinski definition) is 2. The molecule has 0 radical (unpaired) electrons. The van der Waals surface area contributed by atoms with Crippen molar-refractivity contribution < 1.29 is 9.47 Å². The average molecular weight is 352 g/mol. The van der Waals surface area contributed by atoms with Gasteiger partial charge in [0, 0.05) is 40.3 Å². The van der Waals surface area contributed by atoms with Gasteiger partial charge in [-0.15, -0.1) is 0 Å². The zero-order valence-electron chi connectivity index (χ0n) is 16.3. The van der Waals surface area contributed by atoms with Crippen molar-refractivity contribution in [2.45, 2.75) is 58.9 Å². The lowest BCUT2D eigenvalue weighted by Gasteiger charge is -2.31.